The van der Waals surface area contributed by atoms with E-state index in [9.17, 15) is 4.79 Å². The van der Waals surface area contributed by atoms with E-state index in [1.165, 1.54) is 11.1 Å². The maximum absolute atomic E-state index is 12.5. The van der Waals surface area contributed by atoms with Crippen LogP contribution >= 0.6 is 0 Å². The highest BCUT2D eigenvalue weighted by Gasteiger charge is 2.27. The molecule has 2 aromatic rings. The molecule has 1 saturated heterocycles. The Morgan fingerprint density at radius 3 is 2.72 bits per heavy atom. The predicted molar refractivity (Wildman–Crippen MR) is 102 cm³/mol. The van der Waals surface area contributed by atoms with E-state index in [4.69, 9.17) is 4.42 Å². The van der Waals surface area contributed by atoms with Gasteiger partial charge in [0.25, 0.3) is 0 Å². The van der Waals surface area contributed by atoms with E-state index in [0.29, 0.717) is 12.3 Å². The van der Waals surface area contributed by atoms with E-state index < -0.39 is 0 Å². The Kier molecular flexibility index (Phi) is 5.19. The molecule has 1 amide bonds. The summed E-state index contributed by atoms with van der Waals surface area (Å²) in [5.74, 6) is 0.537. The van der Waals surface area contributed by atoms with Crippen LogP contribution in [0.5, 0.6) is 0 Å². The minimum atomic E-state index is 0.0779. The third kappa shape index (κ3) is 4.06. The lowest BCUT2D eigenvalue weighted by Gasteiger charge is -2.34. The van der Waals surface area contributed by atoms with Crippen LogP contribution in [-0.2, 0) is 11.2 Å². The van der Waals surface area contributed by atoms with Gasteiger partial charge in [0.15, 0.2) is 0 Å². The zero-order valence-corrected chi connectivity index (χ0v) is 15.9. The maximum atomic E-state index is 12.5. The minimum Gasteiger partial charge on any atom is -0.464 e. The highest BCUT2D eigenvalue weighted by atomic mass is 16.3. The summed E-state index contributed by atoms with van der Waals surface area (Å²) < 4.78 is 5.69. The number of carbonyl (C=O) groups excluding carboxylic acids is 1. The van der Waals surface area contributed by atoms with Gasteiger partial charge in [0, 0.05) is 17.5 Å². The lowest BCUT2D eigenvalue weighted by Crippen LogP contribution is -2.43. The van der Waals surface area contributed by atoms with Crippen molar-refractivity contribution in [1.82, 2.24) is 10.6 Å². The molecule has 3 rings (SSSR count). The van der Waals surface area contributed by atoms with Gasteiger partial charge in [-0.1, -0.05) is 20.8 Å². The molecule has 0 aliphatic carbocycles. The Morgan fingerprint density at radius 2 is 2.04 bits per heavy atom. The van der Waals surface area contributed by atoms with Crippen molar-refractivity contribution in [1.29, 1.82) is 0 Å². The largest absolute Gasteiger partial charge is 0.464 e. The molecule has 1 aromatic heterocycles. The highest BCUT2D eigenvalue weighted by Crippen LogP contribution is 2.29. The van der Waals surface area contributed by atoms with Gasteiger partial charge in [-0.3, -0.25) is 4.79 Å². The van der Waals surface area contributed by atoms with Crippen LogP contribution in [0, 0.1) is 12.3 Å². The van der Waals surface area contributed by atoms with Gasteiger partial charge in [0.05, 0.1) is 12.7 Å². The van der Waals surface area contributed by atoms with Gasteiger partial charge in [-0.05, 0) is 67.4 Å². The molecule has 2 heterocycles. The molecular weight excluding hydrogens is 312 g/mol. The van der Waals surface area contributed by atoms with E-state index in [2.05, 4.69) is 50.5 Å². The molecule has 136 valence electrons. The molecule has 1 fully saturated rings. The Bertz CT molecular complexity index is 755. The number of rotatable bonds is 5. The second-order valence-corrected chi connectivity index (χ2v) is 8.13. The fourth-order valence-corrected chi connectivity index (χ4v) is 3.76. The Hall–Kier alpha value is -1.81. The number of benzene rings is 1. The smallest absolute Gasteiger partial charge is 0.224 e. The lowest BCUT2D eigenvalue weighted by atomic mass is 9.81. The third-order valence-corrected chi connectivity index (χ3v) is 5.54. The SMILES string of the molecule is Cc1cc2occ(CC(=O)NCC3(C)CCNCC3)c2cc1C(C)C. The van der Waals surface area contributed by atoms with Crippen LogP contribution in [-0.4, -0.2) is 25.5 Å². The average molecular weight is 342 g/mol. The first-order valence-corrected chi connectivity index (χ1v) is 9.36. The summed E-state index contributed by atoms with van der Waals surface area (Å²) in [7, 11) is 0. The van der Waals surface area contributed by atoms with Crippen LogP contribution in [0.4, 0.5) is 0 Å². The Balaban J connectivity index is 1.69. The highest BCUT2D eigenvalue weighted by molar-refractivity contribution is 5.88. The van der Waals surface area contributed by atoms with Crippen LogP contribution in [0.25, 0.3) is 11.0 Å². The fourth-order valence-electron chi connectivity index (χ4n) is 3.76. The molecule has 1 aliphatic rings. The van der Waals surface area contributed by atoms with Crippen molar-refractivity contribution >= 4 is 16.9 Å². The van der Waals surface area contributed by atoms with Crippen molar-refractivity contribution in [2.75, 3.05) is 19.6 Å². The maximum Gasteiger partial charge on any atom is 0.224 e. The fraction of sp³-hybridized carbons (Fsp3) is 0.571. The van der Waals surface area contributed by atoms with Crippen LogP contribution in [0.1, 0.15) is 56.2 Å². The van der Waals surface area contributed by atoms with E-state index in [-0.39, 0.29) is 11.3 Å². The van der Waals surface area contributed by atoms with Gasteiger partial charge in [-0.25, -0.2) is 0 Å². The number of piperidine rings is 1. The number of hydrogen-bond acceptors (Lipinski definition) is 3. The lowest BCUT2D eigenvalue weighted by molar-refractivity contribution is -0.121. The zero-order valence-electron chi connectivity index (χ0n) is 15.9. The Labute approximate surface area is 150 Å². The van der Waals surface area contributed by atoms with Crippen molar-refractivity contribution in [3.63, 3.8) is 0 Å². The molecule has 2 N–H and O–H groups in total. The number of furan rings is 1. The van der Waals surface area contributed by atoms with Crippen molar-refractivity contribution < 1.29 is 9.21 Å². The summed E-state index contributed by atoms with van der Waals surface area (Å²) >= 11 is 0. The molecule has 0 atom stereocenters. The van der Waals surface area contributed by atoms with Gasteiger partial charge < -0.3 is 15.1 Å². The number of aryl methyl sites for hydroxylation is 1. The van der Waals surface area contributed by atoms with Gasteiger partial charge >= 0.3 is 0 Å². The summed E-state index contributed by atoms with van der Waals surface area (Å²) in [4.78, 5) is 12.5. The van der Waals surface area contributed by atoms with E-state index in [1.807, 2.05) is 0 Å². The monoisotopic (exact) mass is 342 g/mol. The molecule has 25 heavy (non-hydrogen) atoms. The molecule has 4 nitrogen and oxygen atoms in total. The third-order valence-electron chi connectivity index (χ3n) is 5.54. The summed E-state index contributed by atoms with van der Waals surface area (Å²) in [5.41, 5.74) is 4.62. The second kappa shape index (κ2) is 7.20. The molecule has 1 aromatic carbocycles. The van der Waals surface area contributed by atoms with Crippen molar-refractivity contribution in [2.45, 2.75) is 52.9 Å². The summed E-state index contributed by atoms with van der Waals surface area (Å²) in [5, 5.41) is 7.58. The number of nitrogens with one attached hydrogen (secondary N) is 2. The normalized spacial score (nSPS) is 17.2. The first kappa shape index (κ1) is 18.0. The van der Waals surface area contributed by atoms with Crippen LogP contribution in [0.2, 0.25) is 0 Å². The summed E-state index contributed by atoms with van der Waals surface area (Å²) in [6, 6.07) is 4.28. The molecule has 0 spiro atoms. The topological polar surface area (TPSA) is 54.3 Å². The molecule has 0 saturated carbocycles. The molecule has 0 bridgehead atoms. The summed E-state index contributed by atoms with van der Waals surface area (Å²) in [6.07, 6.45) is 4.33. The van der Waals surface area contributed by atoms with Crippen LogP contribution in [0.15, 0.2) is 22.8 Å². The van der Waals surface area contributed by atoms with Gasteiger partial charge in [0.1, 0.15) is 5.58 Å². The van der Waals surface area contributed by atoms with Crippen molar-refractivity contribution in [3.05, 3.63) is 35.1 Å². The van der Waals surface area contributed by atoms with Gasteiger partial charge in [0.2, 0.25) is 5.91 Å². The first-order chi connectivity index (χ1) is 11.9. The zero-order chi connectivity index (χ0) is 18.0. The first-order valence-electron chi connectivity index (χ1n) is 9.36. The number of carbonyl (C=O) groups is 1. The average Bonchev–Trinajstić information content (AvgIpc) is 2.94. The van der Waals surface area contributed by atoms with Gasteiger partial charge in [-0.15, -0.1) is 0 Å². The minimum absolute atomic E-state index is 0.0779. The van der Waals surface area contributed by atoms with E-state index >= 15 is 0 Å². The molecule has 1 aliphatic heterocycles. The van der Waals surface area contributed by atoms with Gasteiger partial charge in [-0.2, -0.15) is 0 Å². The quantitative estimate of drug-likeness (QED) is 0.866. The van der Waals surface area contributed by atoms with Crippen molar-refractivity contribution in [3.8, 4) is 0 Å². The van der Waals surface area contributed by atoms with Crippen molar-refractivity contribution in [2.24, 2.45) is 5.41 Å². The van der Waals surface area contributed by atoms with E-state index in [0.717, 1.165) is 49.0 Å². The van der Waals surface area contributed by atoms with Crippen LogP contribution < -0.4 is 10.6 Å². The second-order valence-electron chi connectivity index (χ2n) is 8.13. The van der Waals surface area contributed by atoms with E-state index in [1.54, 1.807) is 6.26 Å². The standard InChI is InChI=1S/C21H30N2O2/c1-14(2)17-11-18-16(12-25-19(18)9-15(17)3)10-20(24)23-13-21(4)5-7-22-8-6-21/h9,11-12,14,22H,5-8,10,13H2,1-4H3,(H,23,24). The summed E-state index contributed by atoms with van der Waals surface area (Å²) in [6.45, 7) is 11.6. The van der Waals surface area contributed by atoms with Crippen LogP contribution in [0.3, 0.4) is 0 Å². The predicted octanol–water partition coefficient (Wildman–Crippen LogP) is 3.91. The molecule has 0 radical (unpaired) electrons. The molecular formula is C21H30N2O2. The number of amides is 1. The Morgan fingerprint density at radius 1 is 1.32 bits per heavy atom. The number of fused-ring (bicyclic) bond motifs is 1. The number of hydrogen-bond donors (Lipinski definition) is 2. The molecule has 4 heteroatoms. The molecule has 0 unspecified atom stereocenters.